The van der Waals surface area contributed by atoms with Crippen LogP contribution in [0.4, 0.5) is 0 Å². The van der Waals surface area contributed by atoms with Gasteiger partial charge in [0.15, 0.2) is 0 Å². The van der Waals surface area contributed by atoms with E-state index < -0.39 is 5.97 Å². The van der Waals surface area contributed by atoms with Crippen molar-refractivity contribution in [1.82, 2.24) is 20.2 Å². The van der Waals surface area contributed by atoms with Crippen molar-refractivity contribution in [1.29, 1.82) is 0 Å². The number of aromatic nitrogens is 2. The highest BCUT2D eigenvalue weighted by Gasteiger charge is 2.24. The number of ether oxygens (including phenoxy) is 2. The van der Waals surface area contributed by atoms with Gasteiger partial charge in [0.1, 0.15) is 6.61 Å². The summed E-state index contributed by atoms with van der Waals surface area (Å²) < 4.78 is 10.6. The molecule has 7 heteroatoms. The molecule has 0 amide bonds. The van der Waals surface area contributed by atoms with Crippen molar-refractivity contribution < 1.29 is 14.3 Å². The van der Waals surface area contributed by atoms with Gasteiger partial charge >= 0.3 is 5.97 Å². The SMILES string of the molecule is COC(=O)c1nc(OC[C@@H]2CCCN2C)cc(C2CCNC2)n1. The first kappa shape index (κ1) is 16.1. The molecule has 2 saturated heterocycles. The molecule has 126 valence electrons. The quantitative estimate of drug-likeness (QED) is 0.805. The standard InChI is InChI=1S/C16H24N4O3/c1-20-7-3-4-12(20)10-23-14-8-13(11-5-6-17-9-11)18-15(19-14)16(21)22-2/h8,11-12,17H,3-7,9-10H2,1-2H3/t11?,12-/m0/s1. The van der Waals surface area contributed by atoms with Crippen molar-refractivity contribution in [3.05, 3.63) is 17.6 Å². The van der Waals surface area contributed by atoms with Crippen molar-refractivity contribution in [2.45, 2.75) is 31.2 Å². The molecule has 1 unspecified atom stereocenters. The first-order valence-electron chi connectivity index (χ1n) is 8.18. The second-order valence-corrected chi connectivity index (χ2v) is 6.22. The summed E-state index contributed by atoms with van der Waals surface area (Å²) in [5.74, 6) is 0.299. The Kier molecular flexibility index (Phi) is 5.07. The fraction of sp³-hybridized carbons (Fsp3) is 0.688. The van der Waals surface area contributed by atoms with E-state index in [-0.39, 0.29) is 11.7 Å². The molecule has 0 aliphatic carbocycles. The summed E-state index contributed by atoms with van der Waals surface area (Å²) in [6.07, 6.45) is 3.33. The van der Waals surface area contributed by atoms with Gasteiger partial charge in [-0.05, 0) is 39.4 Å². The van der Waals surface area contributed by atoms with Crippen LogP contribution in [0, 0.1) is 0 Å². The van der Waals surface area contributed by atoms with Crippen LogP contribution in [0.25, 0.3) is 0 Å². The topological polar surface area (TPSA) is 76.6 Å². The number of esters is 1. The molecule has 2 fully saturated rings. The number of carbonyl (C=O) groups is 1. The molecule has 3 rings (SSSR count). The molecule has 1 aromatic heterocycles. The third-order valence-corrected chi connectivity index (χ3v) is 4.66. The van der Waals surface area contributed by atoms with Gasteiger partial charge in [0.25, 0.3) is 0 Å². The number of methoxy groups -OCH3 is 1. The van der Waals surface area contributed by atoms with Gasteiger partial charge < -0.3 is 19.7 Å². The second-order valence-electron chi connectivity index (χ2n) is 6.22. The molecule has 0 bridgehead atoms. The number of likely N-dealkylation sites (N-methyl/N-ethyl adjacent to an activating group) is 1. The lowest BCUT2D eigenvalue weighted by atomic mass is 10.0. The lowest BCUT2D eigenvalue weighted by Crippen LogP contribution is -2.30. The third-order valence-electron chi connectivity index (χ3n) is 4.66. The molecular weight excluding hydrogens is 296 g/mol. The molecular formula is C16H24N4O3. The molecule has 7 nitrogen and oxygen atoms in total. The number of likely N-dealkylation sites (tertiary alicyclic amines) is 1. The van der Waals surface area contributed by atoms with Crippen LogP contribution in [0.15, 0.2) is 6.07 Å². The smallest absolute Gasteiger partial charge is 0.376 e. The van der Waals surface area contributed by atoms with E-state index in [1.165, 1.54) is 13.5 Å². The van der Waals surface area contributed by atoms with Gasteiger partial charge in [0.2, 0.25) is 11.7 Å². The predicted molar refractivity (Wildman–Crippen MR) is 84.7 cm³/mol. The molecule has 2 aliphatic rings. The maximum absolute atomic E-state index is 11.8. The van der Waals surface area contributed by atoms with Gasteiger partial charge in [0.05, 0.1) is 12.8 Å². The van der Waals surface area contributed by atoms with E-state index in [1.54, 1.807) is 0 Å². The number of hydrogen-bond donors (Lipinski definition) is 1. The largest absolute Gasteiger partial charge is 0.476 e. The van der Waals surface area contributed by atoms with Crippen LogP contribution in [0.1, 0.15) is 41.5 Å². The van der Waals surface area contributed by atoms with Gasteiger partial charge in [-0.2, -0.15) is 4.98 Å². The Morgan fingerprint density at radius 2 is 2.30 bits per heavy atom. The lowest BCUT2D eigenvalue weighted by Gasteiger charge is -2.19. The molecule has 2 aliphatic heterocycles. The first-order valence-corrected chi connectivity index (χ1v) is 8.18. The van der Waals surface area contributed by atoms with E-state index in [9.17, 15) is 4.79 Å². The summed E-state index contributed by atoms with van der Waals surface area (Å²) in [6.45, 7) is 3.51. The third kappa shape index (κ3) is 3.79. The highest BCUT2D eigenvalue weighted by atomic mass is 16.5. The number of nitrogens with one attached hydrogen (secondary N) is 1. The van der Waals surface area contributed by atoms with E-state index in [0.717, 1.165) is 38.2 Å². The van der Waals surface area contributed by atoms with Crippen molar-refractivity contribution in [3.8, 4) is 5.88 Å². The van der Waals surface area contributed by atoms with Crippen molar-refractivity contribution in [2.24, 2.45) is 0 Å². The summed E-state index contributed by atoms with van der Waals surface area (Å²) in [5, 5.41) is 3.31. The van der Waals surface area contributed by atoms with E-state index in [0.29, 0.717) is 18.5 Å². The highest BCUT2D eigenvalue weighted by molar-refractivity contribution is 5.85. The number of carbonyl (C=O) groups excluding carboxylic acids is 1. The van der Waals surface area contributed by atoms with Crippen LogP contribution in [-0.2, 0) is 4.74 Å². The minimum Gasteiger partial charge on any atom is -0.476 e. The molecule has 0 saturated carbocycles. The Bertz CT molecular complexity index is 560. The normalized spacial score (nSPS) is 24.8. The van der Waals surface area contributed by atoms with E-state index in [4.69, 9.17) is 9.47 Å². The average Bonchev–Trinajstić information content (AvgIpc) is 3.23. The molecule has 3 heterocycles. The molecule has 0 radical (unpaired) electrons. The number of rotatable bonds is 5. The first-order chi connectivity index (χ1) is 11.2. The highest BCUT2D eigenvalue weighted by Crippen LogP contribution is 2.24. The minimum atomic E-state index is -0.527. The predicted octanol–water partition coefficient (Wildman–Crippen LogP) is 0.813. The molecule has 0 aromatic carbocycles. The zero-order chi connectivity index (χ0) is 16.2. The van der Waals surface area contributed by atoms with E-state index in [1.807, 2.05) is 6.07 Å². The molecule has 23 heavy (non-hydrogen) atoms. The van der Waals surface area contributed by atoms with E-state index in [2.05, 4.69) is 27.2 Å². The summed E-state index contributed by atoms with van der Waals surface area (Å²) in [5.41, 5.74) is 0.847. The molecule has 1 aromatic rings. The van der Waals surface area contributed by atoms with Gasteiger partial charge in [-0.15, -0.1) is 0 Å². The Morgan fingerprint density at radius 3 is 2.96 bits per heavy atom. The van der Waals surface area contributed by atoms with Crippen LogP contribution in [-0.4, -0.2) is 67.3 Å². The molecule has 2 atom stereocenters. The zero-order valence-electron chi connectivity index (χ0n) is 13.7. The maximum atomic E-state index is 11.8. The van der Waals surface area contributed by atoms with Crippen LogP contribution < -0.4 is 10.1 Å². The number of hydrogen-bond acceptors (Lipinski definition) is 7. The van der Waals surface area contributed by atoms with Crippen molar-refractivity contribution in [2.75, 3.05) is 40.4 Å². The Hall–Kier alpha value is -1.73. The van der Waals surface area contributed by atoms with Gasteiger partial charge in [-0.3, -0.25) is 0 Å². The minimum absolute atomic E-state index is 0.0756. The Balaban J connectivity index is 1.77. The monoisotopic (exact) mass is 320 g/mol. The Morgan fingerprint density at radius 1 is 1.43 bits per heavy atom. The molecule has 1 N–H and O–H groups in total. The summed E-state index contributed by atoms with van der Waals surface area (Å²) in [7, 11) is 3.44. The van der Waals surface area contributed by atoms with Crippen molar-refractivity contribution in [3.63, 3.8) is 0 Å². The maximum Gasteiger partial charge on any atom is 0.376 e. The average molecular weight is 320 g/mol. The van der Waals surface area contributed by atoms with Crippen LogP contribution in [0.3, 0.4) is 0 Å². The van der Waals surface area contributed by atoms with Crippen LogP contribution in [0.5, 0.6) is 5.88 Å². The van der Waals surface area contributed by atoms with Gasteiger partial charge in [-0.1, -0.05) is 0 Å². The molecule has 0 spiro atoms. The van der Waals surface area contributed by atoms with Crippen LogP contribution in [0.2, 0.25) is 0 Å². The van der Waals surface area contributed by atoms with E-state index >= 15 is 0 Å². The fourth-order valence-corrected chi connectivity index (χ4v) is 3.19. The number of nitrogens with zero attached hydrogens (tertiary/aromatic N) is 3. The fourth-order valence-electron chi connectivity index (χ4n) is 3.19. The lowest BCUT2D eigenvalue weighted by molar-refractivity contribution is 0.0584. The summed E-state index contributed by atoms with van der Waals surface area (Å²) in [6, 6.07) is 2.27. The Labute approximate surface area is 136 Å². The van der Waals surface area contributed by atoms with Crippen molar-refractivity contribution >= 4 is 5.97 Å². The van der Waals surface area contributed by atoms with Gasteiger partial charge in [-0.25, -0.2) is 9.78 Å². The summed E-state index contributed by atoms with van der Waals surface area (Å²) >= 11 is 0. The zero-order valence-corrected chi connectivity index (χ0v) is 13.7. The van der Waals surface area contributed by atoms with Crippen LogP contribution >= 0.6 is 0 Å². The summed E-state index contributed by atoms with van der Waals surface area (Å²) in [4.78, 5) is 22.7. The van der Waals surface area contributed by atoms with Gasteiger partial charge in [0, 0.05) is 24.6 Å². The second kappa shape index (κ2) is 7.23.